The minimum absolute atomic E-state index is 0.000361. The Morgan fingerprint density at radius 3 is 2.33 bits per heavy atom. The fraction of sp³-hybridized carbons (Fsp3) is 0.467. The van der Waals surface area contributed by atoms with Crippen molar-refractivity contribution in [3.05, 3.63) is 35.4 Å². The van der Waals surface area contributed by atoms with E-state index in [1.807, 2.05) is 6.26 Å². The van der Waals surface area contributed by atoms with E-state index in [1.165, 1.54) is 0 Å². The van der Waals surface area contributed by atoms with Crippen LogP contribution in [0.4, 0.5) is 4.79 Å². The smallest absolute Gasteiger partial charge is 0.335 e. The van der Waals surface area contributed by atoms with E-state index in [0.29, 0.717) is 13.1 Å². The standard InChI is InChI=1S/C15H22N2O3S/c1-15(2,21-4)10-16-14(20)17(3)9-11-5-7-12(8-6-11)13(18)19/h5-8H,9-10H2,1-4H3,(H,16,20)(H,18,19). The van der Waals surface area contributed by atoms with E-state index in [0.717, 1.165) is 5.56 Å². The van der Waals surface area contributed by atoms with Gasteiger partial charge in [0.2, 0.25) is 0 Å². The highest BCUT2D eigenvalue weighted by atomic mass is 32.2. The second-order valence-corrected chi connectivity index (χ2v) is 6.99. The Morgan fingerprint density at radius 1 is 1.29 bits per heavy atom. The summed E-state index contributed by atoms with van der Waals surface area (Å²) < 4.78 is -0.000361. The molecule has 1 rings (SSSR count). The lowest BCUT2D eigenvalue weighted by atomic mass is 10.1. The highest BCUT2D eigenvalue weighted by Gasteiger charge is 2.18. The molecule has 0 spiro atoms. The van der Waals surface area contributed by atoms with E-state index in [-0.39, 0.29) is 16.3 Å². The van der Waals surface area contributed by atoms with Crippen LogP contribution in [0.1, 0.15) is 29.8 Å². The Hall–Kier alpha value is -1.69. The first-order valence-corrected chi connectivity index (χ1v) is 7.84. The number of urea groups is 1. The normalized spacial score (nSPS) is 11.0. The summed E-state index contributed by atoms with van der Waals surface area (Å²) in [4.78, 5) is 24.3. The molecule has 0 bridgehead atoms. The predicted octanol–water partition coefficient (Wildman–Crippen LogP) is 2.67. The molecule has 0 aliphatic heterocycles. The Kier molecular flexibility index (Phi) is 6.08. The third kappa shape index (κ3) is 5.67. The van der Waals surface area contributed by atoms with Gasteiger partial charge in [0.1, 0.15) is 0 Å². The molecule has 21 heavy (non-hydrogen) atoms. The Morgan fingerprint density at radius 2 is 1.86 bits per heavy atom. The first kappa shape index (κ1) is 17.4. The fourth-order valence-corrected chi connectivity index (χ4v) is 1.81. The molecule has 2 N–H and O–H groups in total. The van der Waals surface area contributed by atoms with Crippen LogP contribution in [0, 0.1) is 0 Å². The van der Waals surface area contributed by atoms with Gasteiger partial charge in [-0.1, -0.05) is 12.1 Å². The van der Waals surface area contributed by atoms with Gasteiger partial charge in [0, 0.05) is 24.9 Å². The number of hydrogen-bond acceptors (Lipinski definition) is 3. The average molecular weight is 310 g/mol. The van der Waals surface area contributed by atoms with E-state index in [9.17, 15) is 9.59 Å². The number of benzene rings is 1. The molecule has 116 valence electrons. The van der Waals surface area contributed by atoms with Gasteiger partial charge in [-0.25, -0.2) is 9.59 Å². The number of carboxylic acid groups (broad SMARTS) is 1. The molecule has 0 aliphatic carbocycles. The van der Waals surface area contributed by atoms with Crippen molar-refractivity contribution < 1.29 is 14.7 Å². The quantitative estimate of drug-likeness (QED) is 0.847. The van der Waals surface area contributed by atoms with Crippen molar-refractivity contribution in [1.82, 2.24) is 10.2 Å². The number of carboxylic acids is 1. The molecule has 0 radical (unpaired) electrons. The number of nitrogens with zero attached hydrogens (tertiary/aromatic N) is 1. The van der Waals surface area contributed by atoms with E-state index in [1.54, 1.807) is 48.0 Å². The van der Waals surface area contributed by atoms with Crippen LogP contribution >= 0.6 is 11.8 Å². The lowest BCUT2D eigenvalue weighted by Crippen LogP contribution is -2.42. The SMILES string of the molecule is CSC(C)(C)CNC(=O)N(C)Cc1ccc(C(=O)O)cc1. The molecule has 2 amide bonds. The monoisotopic (exact) mass is 310 g/mol. The molecule has 6 heteroatoms. The van der Waals surface area contributed by atoms with Crippen molar-refractivity contribution >= 4 is 23.8 Å². The van der Waals surface area contributed by atoms with E-state index in [2.05, 4.69) is 19.2 Å². The van der Waals surface area contributed by atoms with Gasteiger partial charge < -0.3 is 15.3 Å². The predicted molar refractivity (Wildman–Crippen MR) is 85.9 cm³/mol. The van der Waals surface area contributed by atoms with Crippen LogP contribution in [-0.4, -0.2) is 46.6 Å². The molecule has 0 saturated heterocycles. The number of hydrogen-bond donors (Lipinski definition) is 2. The van der Waals surface area contributed by atoms with Gasteiger partial charge in [-0.2, -0.15) is 11.8 Å². The highest BCUT2D eigenvalue weighted by molar-refractivity contribution is 7.99. The van der Waals surface area contributed by atoms with Gasteiger partial charge >= 0.3 is 12.0 Å². The summed E-state index contributed by atoms with van der Waals surface area (Å²) in [5, 5.41) is 11.7. The molecule has 0 aromatic heterocycles. The van der Waals surface area contributed by atoms with Gasteiger partial charge in [-0.05, 0) is 37.8 Å². The maximum Gasteiger partial charge on any atom is 0.335 e. The fourth-order valence-electron chi connectivity index (χ4n) is 1.59. The van der Waals surface area contributed by atoms with Crippen LogP contribution in [0.15, 0.2) is 24.3 Å². The van der Waals surface area contributed by atoms with E-state index >= 15 is 0 Å². The zero-order valence-electron chi connectivity index (χ0n) is 12.8. The zero-order valence-corrected chi connectivity index (χ0v) is 13.7. The summed E-state index contributed by atoms with van der Waals surface area (Å²) in [6.45, 7) is 5.17. The van der Waals surface area contributed by atoms with Gasteiger partial charge in [-0.3, -0.25) is 0 Å². The van der Waals surface area contributed by atoms with Gasteiger partial charge in [0.15, 0.2) is 0 Å². The maximum absolute atomic E-state index is 12.0. The summed E-state index contributed by atoms with van der Waals surface area (Å²) in [5.74, 6) is -0.952. The molecular formula is C15H22N2O3S. The first-order valence-electron chi connectivity index (χ1n) is 6.61. The molecule has 0 heterocycles. The lowest BCUT2D eigenvalue weighted by Gasteiger charge is -2.25. The van der Waals surface area contributed by atoms with Crippen LogP contribution < -0.4 is 5.32 Å². The first-order chi connectivity index (χ1) is 9.75. The van der Waals surface area contributed by atoms with Crippen LogP contribution in [0.5, 0.6) is 0 Å². The van der Waals surface area contributed by atoms with Crippen molar-refractivity contribution in [1.29, 1.82) is 0 Å². The summed E-state index contributed by atoms with van der Waals surface area (Å²) in [6, 6.07) is 6.39. The molecule has 0 atom stereocenters. The molecule has 1 aromatic rings. The van der Waals surface area contributed by atoms with Crippen molar-refractivity contribution in [2.24, 2.45) is 0 Å². The summed E-state index contributed by atoms with van der Waals surface area (Å²) in [6.07, 6.45) is 2.01. The summed E-state index contributed by atoms with van der Waals surface area (Å²) in [7, 11) is 1.71. The van der Waals surface area contributed by atoms with Crippen molar-refractivity contribution in [3.8, 4) is 0 Å². The van der Waals surface area contributed by atoms with E-state index < -0.39 is 5.97 Å². The molecule has 5 nitrogen and oxygen atoms in total. The summed E-state index contributed by atoms with van der Waals surface area (Å²) >= 11 is 1.70. The largest absolute Gasteiger partial charge is 0.478 e. The number of carbonyl (C=O) groups is 2. The Labute approximate surface area is 129 Å². The molecule has 0 saturated carbocycles. The van der Waals surface area contributed by atoms with Crippen LogP contribution in [-0.2, 0) is 6.54 Å². The number of aromatic carboxylic acids is 1. The second-order valence-electron chi connectivity index (χ2n) is 5.48. The number of nitrogens with one attached hydrogen (secondary N) is 1. The number of rotatable bonds is 6. The molecular weight excluding hydrogens is 288 g/mol. The van der Waals surface area contributed by atoms with Crippen LogP contribution in [0.25, 0.3) is 0 Å². The molecule has 1 aromatic carbocycles. The van der Waals surface area contributed by atoms with Crippen molar-refractivity contribution in [3.63, 3.8) is 0 Å². The number of carbonyl (C=O) groups excluding carboxylic acids is 1. The average Bonchev–Trinajstić information content (AvgIpc) is 2.45. The third-order valence-corrected chi connectivity index (χ3v) is 4.43. The second kappa shape index (κ2) is 7.36. The zero-order chi connectivity index (χ0) is 16.0. The van der Waals surface area contributed by atoms with Crippen molar-refractivity contribution in [2.75, 3.05) is 19.8 Å². The summed E-state index contributed by atoms with van der Waals surface area (Å²) in [5.41, 5.74) is 1.13. The highest BCUT2D eigenvalue weighted by Crippen LogP contribution is 2.19. The van der Waals surface area contributed by atoms with Gasteiger partial charge in [0.05, 0.1) is 5.56 Å². The van der Waals surface area contributed by atoms with Crippen molar-refractivity contribution in [2.45, 2.75) is 25.1 Å². The maximum atomic E-state index is 12.0. The van der Waals surface area contributed by atoms with Crippen LogP contribution in [0.3, 0.4) is 0 Å². The van der Waals surface area contributed by atoms with Gasteiger partial charge in [-0.15, -0.1) is 0 Å². The number of thioether (sulfide) groups is 1. The lowest BCUT2D eigenvalue weighted by molar-refractivity contribution is 0.0697. The molecule has 0 unspecified atom stereocenters. The Balaban J connectivity index is 2.54. The van der Waals surface area contributed by atoms with Gasteiger partial charge in [0.25, 0.3) is 0 Å². The molecule has 0 fully saturated rings. The topological polar surface area (TPSA) is 69.6 Å². The minimum atomic E-state index is -0.952. The molecule has 0 aliphatic rings. The third-order valence-electron chi connectivity index (χ3n) is 3.19. The number of amides is 2. The van der Waals surface area contributed by atoms with Crippen LogP contribution in [0.2, 0.25) is 0 Å². The van der Waals surface area contributed by atoms with E-state index in [4.69, 9.17) is 5.11 Å². The minimum Gasteiger partial charge on any atom is -0.478 e. The Bertz CT molecular complexity index is 500.